The maximum Gasteiger partial charge on any atom is 0.146 e. The van der Waals surface area contributed by atoms with E-state index in [0.29, 0.717) is 18.3 Å². The van der Waals surface area contributed by atoms with E-state index in [1.54, 1.807) is 0 Å². The highest BCUT2D eigenvalue weighted by Crippen LogP contribution is 2.26. The number of aromatic nitrogens is 3. The normalized spacial score (nSPS) is 11.6. The predicted octanol–water partition coefficient (Wildman–Crippen LogP) is 2.30. The number of hydrogen-bond donors (Lipinski definition) is 1. The van der Waals surface area contributed by atoms with Gasteiger partial charge in [-0.2, -0.15) is 0 Å². The second-order valence-corrected chi connectivity index (χ2v) is 5.29. The van der Waals surface area contributed by atoms with Gasteiger partial charge < -0.3 is 15.0 Å². The molecule has 0 radical (unpaired) electrons. The first-order valence-electron chi connectivity index (χ1n) is 6.66. The number of hydrogen-bond acceptors (Lipinski definition) is 4. The lowest BCUT2D eigenvalue weighted by molar-refractivity contribution is 0.103. The largest absolute Gasteiger partial charge is 0.383 e. The van der Waals surface area contributed by atoms with Crippen molar-refractivity contribution in [3.63, 3.8) is 0 Å². The van der Waals surface area contributed by atoms with Gasteiger partial charge in [-0.3, -0.25) is 0 Å². The molecule has 0 bridgehead atoms. The lowest BCUT2D eigenvalue weighted by Crippen LogP contribution is -2.11. The molecule has 0 saturated carbocycles. The van der Waals surface area contributed by atoms with E-state index in [0.717, 1.165) is 29.7 Å². The van der Waals surface area contributed by atoms with Crippen LogP contribution in [0.4, 0.5) is 5.82 Å². The van der Waals surface area contributed by atoms with E-state index >= 15 is 0 Å². The van der Waals surface area contributed by atoms with Crippen LogP contribution in [0.15, 0.2) is 6.33 Å². The van der Waals surface area contributed by atoms with Crippen LogP contribution in [-0.2, 0) is 11.3 Å². The molecule has 2 aromatic rings. The van der Waals surface area contributed by atoms with E-state index in [9.17, 15) is 0 Å². The van der Waals surface area contributed by atoms with E-state index < -0.39 is 0 Å². The average molecular weight is 262 g/mol. The molecule has 2 N–H and O–H groups in total. The third kappa shape index (κ3) is 2.71. The topological polar surface area (TPSA) is 66.0 Å². The Morgan fingerprint density at radius 3 is 2.74 bits per heavy atom. The highest BCUT2D eigenvalue weighted by molar-refractivity contribution is 5.90. The first-order chi connectivity index (χ1) is 9.02. The Kier molecular flexibility index (Phi) is 4.04. The second kappa shape index (κ2) is 5.57. The standard InChI is InChI=1S/C14H22N4O/c1-9(2)7-19-6-5-18-11(4)10(3)12-13(15)16-8-17-14(12)18/h8-9H,5-7H2,1-4H3,(H2,15,16,17). The summed E-state index contributed by atoms with van der Waals surface area (Å²) in [6.45, 7) is 10.7. The highest BCUT2D eigenvalue weighted by atomic mass is 16.5. The molecule has 0 amide bonds. The van der Waals surface area contributed by atoms with Crippen LogP contribution < -0.4 is 5.73 Å². The molecule has 0 aliphatic heterocycles. The Morgan fingerprint density at radius 2 is 2.05 bits per heavy atom. The molecule has 0 atom stereocenters. The molecule has 0 unspecified atom stereocenters. The summed E-state index contributed by atoms with van der Waals surface area (Å²) in [5.74, 6) is 1.11. The molecule has 19 heavy (non-hydrogen) atoms. The Hall–Kier alpha value is -1.62. The van der Waals surface area contributed by atoms with Crippen molar-refractivity contribution in [1.82, 2.24) is 14.5 Å². The summed E-state index contributed by atoms with van der Waals surface area (Å²) in [6, 6.07) is 0. The van der Waals surface area contributed by atoms with Crippen LogP contribution in [0.25, 0.3) is 11.0 Å². The fourth-order valence-corrected chi connectivity index (χ4v) is 2.24. The molecule has 2 heterocycles. The van der Waals surface area contributed by atoms with Gasteiger partial charge in [0.25, 0.3) is 0 Å². The van der Waals surface area contributed by atoms with Crippen LogP contribution in [0.1, 0.15) is 25.1 Å². The highest BCUT2D eigenvalue weighted by Gasteiger charge is 2.14. The smallest absolute Gasteiger partial charge is 0.146 e. The molecule has 0 aliphatic rings. The number of nitrogens with zero attached hydrogens (tertiary/aromatic N) is 3. The zero-order valence-corrected chi connectivity index (χ0v) is 12.1. The summed E-state index contributed by atoms with van der Waals surface area (Å²) in [7, 11) is 0. The predicted molar refractivity (Wildman–Crippen MR) is 77.1 cm³/mol. The van der Waals surface area contributed by atoms with Gasteiger partial charge in [-0.15, -0.1) is 0 Å². The zero-order valence-electron chi connectivity index (χ0n) is 12.1. The van der Waals surface area contributed by atoms with Crippen molar-refractivity contribution in [3.8, 4) is 0 Å². The Labute approximate surface area is 113 Å². The number of nitrogens with two attached hydrogens (primary N) is 1. The molecule has 0 fully saturated rings. The summed E-state index contributed by atoms with van der Waals surface area (Å²) in [5, 5.41) is 0.962. The van der Waals surface area contributed by atoms with E-state index in [4.69, 9.17) is 10.5 Å². The van der Waals surface area contributed by atoms with Crippen LogP contribution >= 0.6 is 0 Å². The number of rotatable bonds is 5. The SMILES string of the molecule is Cc1c(C)n(CCOCC(C)C)c2ncnc(N)c12. The van der Waals surface area contributed by atoms with Crippen molar-refractivity contribution in [3.05, 3.63) is 17.6 Å². The minimum absolute atomic E-state index is 0.549. The second-order valence-electron chi connectivity index (χ2n) is 5.29. The van der Waals surface area contributed by atoms with Crippen LogP contribution in [-0.4, -0.2) is 27.7 Å². The Bertz CT molecular complexity index is 574. The molecule has 5 heteroatoms. The summed E-state index contributed by atoms with van der Waals surface area (Å²) in [5.41, 5.74) is 9.16. The maximum atomic E-state index is 5.94. The number of anilines is 1. The summed E-state index contributed by atoms with van der Waals surface area (Å²) in [4.78, 5) is 8.42. The Balaban J connectivity index is 2.23. The van der Waals surface area contributed by atoms with Gasteiger partial charge in [0, 0.05) is 18.8 Å². The molecule has 5 nitrogen and oxygen atoms in total. The molecule has 0 spiro atoms. The average Bonchev–Trinajstić information content (AvgIpc) is 2.60. The molecule has 2 rings (SSSR count). The number of aryl methyl sites for hydroxylation is 1. The quantitative estimate of drug-likeness (QED) is 0.840. The first-order valence-corrected chi connectivity index (χ1v) is 6.66. The lowest BCUT2D eigenvalue weighted by Gasteiger charge is -2.10. The fourth-order valence-electron chi connectivity index (χ4n) is 2.24. The molecule has 104 valence electrons. The van der Waals surface area contributed by atoms with E-state index in [2.05, 4.69) is 42.2 Å². The number of fused-ring (bicyclic) bond motifs is 1. The summed E-state index contributed by atoms with van der Waals surface area (Å²) < 4.78 is 7.80. The van der Waals surface area contributed by atoms with Crippen molar-refractivity contribution in [2.75, 3.05) is 18.9 Å². The molecular formula is C14H22N4O. The van der Waals surface area contributed by atoms with Gasteiger partial charge in [0.2, 0.25) is 0 Å². The van der Waals surface area contributed by atoms with Crippen LogP contribution in [0.3, 0.4) is 0 Å². The van der Waals surface area contributed by atoms with Crippen molar-refractivity contribution in [2.45, 2.75) is 34.2 Å². The van der Waals surface area contributed by atoms with Gasteiger partial charge >= 0.3 is 0 Å². The van der Waals surface area contributed by atoms with Gasteiger partial charge in [0.15, 0.2) is 0 Å². The zero-order chi connectivity index (χ0) is 14.0. The minimum atomic E-state index is 0.549. The number of nitrogen functional groups attached to an aromatic ring is 1. The van der Waals surface area contributed by atoms with Crippen molar-refractivity contribution in [2.24, 2.45) is 5.92 Å². The summed E-state index contributed by atoms with van der Waals surface area (Å²) >= 11 is 0. The molecule has 2 aromatic heterocycles. The van der Waals surface area contributed by atoms with Gasteiger partial charge in [-0.1, -0.05) is 13.8 Å². The minimum Gasteiger partial charge on any atom is -0.383 e. The van der Waals surface area contributed by atoms with Crippen LogP contribution in [0.2, 0.25) is 0 Å². The third-order valence-electron chi connectivity index (χ3n) is 3.35. The fraction of sp³-hybridized carbons (Fsp3) is 0.571. The molecule has 0 aliphatic carbocycles. The maximum absolute atomic E-state index is 5.94. The van der Waals surface area contributed by atoms with Gasteiger partial charge in [-0.25, -0.2) is 9.97 Å². The number of ether oxygens (including phenoxy) is 1. The van der Waals surface area contributed by atoms with Gasteiger partial charge in [0.1, 0.15) is 17.8 Å². The van der Waals surface area contributed by atoms with Gasteiger partial charge in [0.05, 0.1) is 12.0 Å². The van der Waals surface area contributed by atoms with Crippen molar-refractivity contribution >= 4 is 16.9 Å². The molecule has 0 aromatic carbocycles. The van der Waals surface area contributed by atoms with Crippen molar-refractivity contribution < 1.29 is 4.74 Å². The Morgan fingerprint density at radius 1 is 1.32 bits per heavy atom. The lowest BCUT2D eigenvalue weighted by atomic mass is 10.2. The first kappa shape index (κ1) is 13.8. The van der Waals surface area contributed by atoms with E-state index in [1.807, 2.05) is 0 Å². The molecular weight excluding hydrogens is 240 g/mol. The van der Waals surface area contributed by atoms with Crippen LogP contribution in [0.5, 0.6) is 0 Å². The molecule has 0 saturated heterocycles. The van der Waals surface area contributed by atoms with Gasteiger partial charge in [-0.05, 0) is 25.3 Å². The third-order valence-corrected chi connectivity index (χ3v) is 3.35. The van der Waals surface area contributed by atoms with E-state index in [1.165, 1.54) is 12.0 Å². The summed E-state index contributed by atoms with van der Waals surface area (Å²) in [6.07, 6.45) is 1.52. The van der Waals surface area contributed by atoms with E-state index in [-0.39, 0.29) is 0 Å². The van der Waals surface area contributed by atoms with Crippen LogP contribution in [0, 0.1) is 19.8 Å². The van der Waals surface area contributed by atoms with Crippen molar-refractivity contribution in [1.29, 1.82) is 0 Å². The monoisotopic (exact) mass is 262 g/mol.